The molecule has 144 valence electrons. The summed E-state index contributed by atoms with van der Waals surface area (Å²) < 4.78 is 3.94. The van der Waals surface area contributed by atoms with Crippen LogP contribution < -0.4 is 4.90 Å². The first-order chi connectivity index (χ1) is 14.3. The van der Waals surface area contributed by atoms with Crippen molar-refractivity contribution in [2.75, 3.05) is 4.90 Å². The van der Waals surface area contributed by atoms with E-state index in [-0.39, 0.29) is 6.04 Å². The number of rotatable bonds is 4. The van der Waals surface area contributed by atoms with Gasteiger partial charge in [0, 0.05) is 36.4 Å². The molecule has 1 unspecified atom stereocenters. The number of anilines is 1. The van der Waals surface area contributed by atoms with E-state index in [1.54, 1.807) is 24.9 Å². The molecule has 4 aromatic heterocycles. The van der Waals surface area contributed by atoms with Crippen molar-refractivity contribution in [2.24, 2.45) is 0 Å². The fraction of sp³-hybridized carbons (Fsp3) is 0.300. The minimum Gasteiger partial charge on any atom is -0.341 e. The van der Waals surface area contributed by atoms with Gasteiger partial charge in [-0.15, -0.1) is 10.2 Å². The van der Waals surface area contributed by atoms with Crippen molar-refractivity contribution in [2.45, 2.75) is 38.3 Å². The van der Waals surface area contributed by atoms with Crippen molar-refractivity contribution in [3.63, 3.8) is 0 Å². The van der Waals surface area contributed by atoms with Crippen molar-refractivity contribution in [3.05, 3.63) is 55.3 Å². The van der Waals surface area contributed by atoms with E-state index in [0.717, 1.165) is 35.1 Å². The molecular formula is C20H19N9. The zero-order valence-electron chi connectivity index (χ0n) is 15.9. The largest absolute Gasteiger partial charge is 0.341 e. The van der Waals surface area contributed by atoms with Crippen LogP contribution >= 0.6 is 0 Å². The minimum absolute atomic E-state index is 0.169. The number of hydrogen-bond donors (Lipinski definition) is 0. The number of pyridine rings is 1. The first-order valence-electron chi connectivity index (χ1n) is 9.85. The minimum atomic E-state index is 0.169. The Hall–Kier alpha value is -3.62. The molecule has 5 heterocycles. The number of nitrogens with zero attached hydrogens (tertiary/aromatic N) is 9. The second-order valence-electron chi connectivity index (χ2n) is 7.36. The molecule has 0 spiro atoms. The van der Waals surface area contributed by atoms with Crippen molar-refractivity contribution < 1.29 is 0 Å². The number of fused-ring (bicyclic) bond motifs is 3. The molecule has 1 aliphatic heterocycles. The fourth-order valence-corrected chi connectivity index (χ4v) is 4.10. The third-order valence-electron chi connectivity index (χ3n) is 5.57. The first-order valence-corrected chi connectivity index (χ1v) is 9.85. The zero-order chi connectivity index (χ0) is 19.4. The summed E-state index contributed by atoms with van der Waals surface area (Å²) in [6.07, 6.45) is 14.1. The van der Waals surface area contributed by atoms with E-state index in [4.69, 9.17) is 4.98 Å². The third kappa shape index (κ3) is 2.47. The Kier molecular flexibility index (Phi) is 3.49. The zero-order valence-corrected chi connectivity index (χ0v) is 15.9. The monoisotopic (exact) mass is 385 g/mol. The van der Waals surface area contributed by atoms with Crippen LogP contribution in [-0.4, -0.2) is 45.3 Å². The van der Waals surface area contributed by atoms with E-state index in [9.17, 15) is 0 Å². The summed E-state index contributed by atoms with van der Waals surface area (Å²) in [5.74, 6) is 3.29. The van der Waals surface area contributed by atoms with Gasteiger partial charge in [-0.05, 0) is 31.4 Å². The van der Waals surface area contributed by atoms with Gasteiger partial charge in [0.05, 0.1) is 12.2 Å². The van der Waals surface area contributed by atoms with Crippen LogP contribution in [-0.2, 0) is 0 Å². The Morgan fingerprint density at radius 3 is 2.72 bits per heavy atom. The van der Waals surface area contributed by atoms with Gasteiger partial charge in [0.25, 0.3) is 0 Å². The molecule has 9 nitrogen and oxygen atoms in total. The van der Waals surface area contributed by atoms with Crippen LogP contribution in [0.25, 0.3) is 23.0 Å². The van der Waals surface area contributed by atoms with Gasteiger partial charge in [-0.3, -0.25) is 14.1 Å². The molecule has 1 fully saturated rings. The number of aromatic nitrogens is 8. The normalized spacial score (nSPS) is 17.8. The Labute approximate surface area is 167 Å². The number of imidazole rings is 1. The molecule has 6 rings (SSSR count). The molecule has 0 N–H and O–H groups in total. The van der Waals surface area contributed by atoms with Crippen molar-refractivity contribution in [1.29, 1.82) is 0 Å². The second kappa shape index (κ2) is 6.20. The highest BCUT2D eigenvalue weighted by Crippen LogP contribution is 2.44. The third-order valence-corrected chi connectivity index (χ3v) is 5.57. The lowest BCUT2D eigenvalue weighted by Gasteiger charge is -2.37. The molecule has 29 heavy (non-hydrogen) atoms. The molecule has 2 aliphatic rings. The van der Waals surface area contributed by atoms with Crippen molar-refractivity contribution in [3.8, 4) is 23.0 Å². The van der Waals surface area contributed by atoms with Gasteiger partial charge in [0.15, 0.2) is 11.6 Å². The van der Waals surface area contributed by atoms with E-state index in [1.807, 2.05) is 33.7 Å². The second-order valence-corrected chi connectivity index (χ2v) is 7.36. The van der Waals surface area contributed by atoms with Gasteiger partial charge < -0.3 is 4.90 Å². The molecule has 9 heteroatoms. The molecule has 0 bridgehead atoms. The molecule has 1 aliphatic carbocycles. The average Bonchev–Trinajstić information content (AvgIpc) is 3.27. The lowest BCUT2D eigenvalue weighted by molar-refractivity contribution is 0.532. The summed E-state index contributed by atoms with van der Waals surface area (Å²) in [6, 6.07) is 4.53. The summed E-state index contributed by atoms with van der Waals surface area (Å²) in [5, 5.41) is 8.54. The molecular weight excluding hydrogens is 366 g/mol. The molecule has 1 saturated carbocycles. The van der Waals surface area contributed by atoms with E-state index in [0.29, 0.717) is 12.0 Å². The quantitative estimate of drug-likeness (QED) is 0.533. The van der Waals surface area contributed by atoms with Gasteiger partial charge >= 0.3 is 0 Å². The summed E-state index contributed by atoms with van der Waals surface area (Å²) in [7, 11) is 0. The van der Waals surface area contributed by atoms with Gasteiger partial charge in [-0.2, -0.15) is 4.98 Å². The highest BCUT2D eigenvalue weighted by atomic mass is 15.4. The molecule has 1 atom stereocenters. The summed E-state index contributed by atoms with van der Waals surface area (Å²) in [6.45, 7) is 2.18. The topological polar surface area (TPSA) is 90.4 Å². The van der Waals surface area contributed by atoms with Gasteiger partial charge in [-0.1, -0.05) is 6.92 Å². The average molecular weight is 385 g/mol. The molecule has 0 aromatic carbocycles. The summed E-state index contributed by atoms with van der Waals surface area (Å²) in [5.41, 5.74) is 1.90. The number of hydrogen-bond acceptors (Lipinski definition) is 7. The Bertz CT molecular complexity index is 1180. The van der Waals surface area contributed by atoms with E-state index >= 15 is 0 Å². The van der Waals surface area contributed by atoms with E-state index in [2.05, 4.69) is 37.0 Å². The maximum atomic E-state index is 5.01. The maximum Gasteiger partial charge on any atom is 0.237 e. The Morgan fingerprint density at radius 1 is 1.07 bits per heavy atom. The molecule has 0 amide bonds. The van der Waals surface area contributed by atoms with Crippen LogP contribution in [0.1, 0.15) is 38.1 Å². The highest BCUT2D eigenvalue weighted by molar-refractivity contribution is 5.64. The van der Waals surface area contributed by atoms with Gasteiger partial charge in [-0.25, -0.2) is 9.97 Å². The Balaban J connectivity index is 1.52. The molecule has 0 saturated heterocycles. The van der Waals surface area contributed by atoms with Gasteiger partial charge in [0.2, 0.25) is 5.95 Å². The standard InChI is InChI=1S/C20H19N9/c1-2-15-19-26-24-12-28(19)16-11-23-20(25-18(16)29(15)14-3-4-14)27-10-9-22-17(27)13-5-7-21-8-6-13/h5-12,14-15H,2-4H2,1H3. The van der Waals surface area contributed by atoms with Crippen LogP contribution in [0.15, 0.2) is 49.4 Å². The fourth-order valence-electron chi connectivity index (χ4n) is 4.10. The van der Waals surface area contributed by atoms with Gasteiger partial charge in [0.1, 0.15) is 17.8 Å². The highest BCUT2D eigenvalue weighted by Gasteiger charge is 2.41. The predicted octanol–water partition coefficient (Wildman–Crippen LogP) is 2.74. The lowest BCUT2D eigenvalue weighted by Crippen LogP contribution is -2.37. The SMILES string of the molecule is CCC1c2nncn2-c2cnc(-n3ccnc3-c3ccncc3)nc2N1C1CC1. The molecule has 0 radical (unpaired) electrons. The van der Waals surface area contributed by atoms with E-state index in [1.165, 1.54) is 12.8 Å². The van der Waals surface area contributed by atoms with Crippen LogP contribution in [0.2, 0.25) is 0 Å². The van der Waals surface area contributed by atoms with Crippen LogP contribution in [0.3, 0.4) is 0 Å². The summed E-state index contributed by atoms with van der Waals surface area (Å²) >= 11 is 0. The molecule has 4 aromatic rings. The predicted molar refractivity (Wildman–Crippen MR) is 106 cm³/mol. The van der Waals surface area contributed by atoms with Crippen LogP contribution in [0.4, 0.5) is 5.82 Å². The van der Waals surface area contributed by atoms with Crippen molar-refractivity contribution >= 4 is 5.82 Å². The maximum absolute atomic E-state index is 5.01. The van der Waals surface area contributed by atoms with Crippen molar-refractivity contribution in [1.82, 2.24) is 39.3 Å². The van der Waals surface area contributed by atoms with Crippen LogP contribution in [0.5, 0.6) is 0 Å². The Morgan fingerprint density at radius 2 is 1.93 bits per heavy atom. The smallest absolute Gasteiger partial charge is 0.237 e. The van der Waals surface area contributed by atoms with E-state index < -0.39 is 0 Å². The first kappa shape index (κ1) is 16.3. The van der Waals surface area contributed by atoms with Crippen LogP contribution in [0, 0.1) is 0 Å². The lowest BCUT2D eigenvalue weighted by atomic mass is 10.1. The summed E-state index contributed by atoms with van der Waals surface area (Å²) in [4.78, 5) is 20.7.